The fourth-order valence-corrected chi connectivity index (χ4v) is 4.09. The smallest absolute Gasteiger partial charge is 0.161 e. The van der Waals surface area contributed by atoms with Crippen LogP contribution in [0.4, 0.5) is 5.82 Å². The SMILES string of the molecule is CCOc1cc(CN2CCC(Nc3nc(Cl)cc4ccccc34)CC2)ccc1O. The second-order valence-electron chi connectivity index (χ2n) is 7.44. The van der Waals surface area contributed by atoms with E-state index in [9.17, 15) is 5.11 Å². The van der Waals surface area contributed by atoms with Crippen molar-refractivity contribution in [1.82, 2.24) is 9.88 Å². The number of ether oxygens (including phenoxy) is 1. The third-order valence-corrected chi connectivity index (χ3v) is 5.56. The molecule has 4 rings (SSSR count). The summed E-state index contributed by atoms with van der Waals surface area (Å²) in [5.41, 5.74) is 1.15. The highest BCUT2D eigenvalue weighted by atomic mass is 35.5. The molecule has 2 N–H and O–H groups in total. The Labute approximate surface area is 176 Å². The Bertz CT molecular complexity index is 987. The zero-order valence-electron chi connectivity index (χ0n) is 16.6. The van der Waals surface area contributed by atoms with E-state index >= 15 is 0 Å². The van der Waals surface area contributed by atoms with Crippen LogP contribution in [0.5, 0.6) is 11.5 Å². The highest BCUT2D eigenvalue weighted by Gasteiger charge is 2.20. The lowest BCUT2D eigenvalue weighted by molar-refractivity contribution is 0.210. The molecule has 0 saturated carbocycles. The van der Waals surface area contributed by atoms with Gasteiger partial charge in [0.25, 0.3) is 0 Å². The lowest BCUT2D eigenvalue weighted by atomic mass is 10.0. The van der Waals surface area contributed by atoms with Crippen LogP contribution in [0.1, 0.15) is 25.3 Å². The molecule has 5 nitrogen and oxygen atoms in total. The van der Waals surface area contributed by atoms with Gasteiger partial charge < -0.3 is 15.2 Å². The molecule has 29 heavy (non-hydrogen) atoms. The fraction of sp³-hybridized carbons (Fsp3) is 0.348. The second kappa shape index (κ2) is 8.89. The summed E-state index contributed by atoms with van der Waals surface area (Å²) in [4.78, 5) is 6.96. The van der Waals surface area contributed by atoms with E-state index in [1.807, 2.05) is 37.3 Å². The molecule has 1 saturated heterocycles. The van der Waals surface area contributed by atoms with E-state index in [4.69, 9.17) is 16.3 Å². The summed E-state index contributed by atoms with van der Waals surface area (Å²) in [7, 11) is 0. The van der Waals surface area contributed by atoms with Crippen molar-refractivity contribution in [2.24, 2.45) is 0 Å². The molecule has 0 aliphatic carbocycles. The minimum atomic E-state index is 0.194. The molecule has 1 aromatic heterocycles. The van der Waals surface area contributed by atoms with Crippen molar-refractivity contribution in [3.05, 3.63) is 59.2 Å². The maximum atomic E-state index is 9.88. The third kappa shape index (κ3) is 4.74. The Balaban J connectivity index is 1.37. The minimum absolute atomic E-state index is 0.194. The van der Waals surface area contributed by atoms with Crippen molar-refractivity contribution < 1.29 is 9.84 Å². The number of phenolic OH excluding ortho intramolecular Hbond substituents is 1. The lowest BCUT2D eigenvalue weighted by Crippen LogP contribution is -2.38. The average Bonchev–Trinajstić information content (AvgIpc) is 2.72. The fourth-order valence-electron chi connectivity index (χ4n) is 3.89. The molecular weight excluding hydrogens is 386 g/mol. The number of aromatic nitrogens is 1. The quantitative estimate of drug-likeness (QED) is 0.554. The van der Waals surface area contributed by atoms with Crippen LogP contribution in [0.3, 0.4) is 0 Å². The summed E-state index contributed by atoms with van der Waals surface area (Å²) in [5, 5.41) is 16.2. The van der Waals surface area contributed by atoms with Crippen molar-refractivity contribution >= 4 is 28.2 Å². The van der Waals surface area contributed by atoms with Gasteiger partial charge in [0.2, 0.25) is 0 Å². The molecule has 0 atom stereocenters. The molecule has 1 fully saturated rings. The van der Waals surface area contributed by atoms with E-state index in [1.165, 1.54) is 0 Å². The number of halogens is 1. The van der Waals surface area contributed by atoms with Crippen molar-refractivity contribution in [3.63, 3.8) is 0 Å². The van der Waals surface area contributed by atoms with E-state index in [2.05, 4.69) is 27.3 Å². The van der Waals surface area contributed by atoms with Gasteiger partial charge in [-0.15, -0.1) is 0 Å². The number of nitrogens with zero attached hydrogens (tertiary/aromatic N) is 2. The van der Waals surface area contributed by atoms with E-state index in [-0.39, 0.29) is 5.75 Å². The van der Waals surface area contributed by atoms with Crippen LogP contribution < -0.4 is 10.1 Å². The van der Waals surface area contributed by atoms with Crippen LogP contribution in [-0.2, 0) is 6.54 Å². The van der Waals surface area contributed by atoms with Gasteiger partial charge in [0.05, 0.1) is 6.61 Å². The molecule has 0 spiro atoms. The predicted octanol–water partition coefficient (Wildman–Crippen LogP) is 5.07. The van der Waals surface area contributed by atoms with Gasteiger partial charge in [0.15, 0.2) is 11.5 Å². The zero-order valence-corrected chi connectivity index (χ0v) is 17.3. The number of aromatic hydroxyl groups is 1. The number of likely N-dealkylation sites (tertiary alicyclic amines) is 1. The topological polar surface area (TPSA) is 57.6 Å². The Kier molecular flexibility index (Phi) is 6.07. The summed E-state index contributed by atoms with van der Waals surface area (Å²) in [6.45, 7) is 5.32. The Morgan fingerprint density at radius 2 is 1.97 bits per heavy atom. The number of phenols is 1. The third-order valence-electron chi connectivity index (χ3n) is 5.37. The van der Waals surface area contributed by atoms with Crippen LogP contribution in [0.25, 0.3) is 10.8 Å². The maximum Gasteiger partial charge on any atom is 0.161 e. The number of rotatable bonds is 6. The van der Waals surface area contributed by atoms with Crippen molar-refractivity contribution in [2.75, 3.05) is 25.0 Å². The summed E-state index contributed by atoms with van der Waals surface area (Å²) in [6.07, 6.45) is 2.08. The number of anilines is 1. The standard InChI is InChI=1S/C23H26ClN3O2/c1-2-29-21-13-16(7-8-20(21)28)15-27-11-9-18(10-12-27)25-23-19-6-4-3-5-17(19)14-22(24)26-23/h3-8,13-14,18,28H,2,9-12,15H2,1H3,(H,25,26). The molecule has 152 valence electrons. The average molecular weight is 412 g/mol. The molecule has 6 heteroatoms. The molecule has 1 aliphatic heterocycles. The van der Waals surface area contributed by atoms with Gasteiger partial charge in [-0.05, 0) is 48.9 Å². The van der Waals surface area contributed by atoms with Crippen molar-refractivity contribution in [3.8, 4) is 11.5 Å². The monoisotopic (exact) mass is 411 g/mol. The summed E-state index contributed by atoms with van der Waals surface area (Å²) in [6, 6.07) is 16.1. The van der Waals surface area contributed by atoms with E-state index in [1.54, 1.807) is 6.07 Å². The van der Waals surface area contributed by atoms with E-state index < -0.39 is 0 Å². The molecule has 3 aromatic rings. The number of fused-ring (bicyclic) bond motifs is 1. The summed E-state index contributed by atoms with van der Waals surface area (Å²) in [5.74, 6) is 1.62. The van der Waals surface area contributed by atoms with E-state index in [0.717, 1.165) is 54.6 Å². The van der Waals surface area contributed by atoms with Crippen molar-refractivity contribution in [2.45, 2.75) is 32.4 Å². The van der Waals surface area contributed by atoms with Crippen molar-refractivity contribution in [1.29, 1.82) is 0 Å². The number of pyridine rings is 1. The van der Waals surface area contributed by atoms with E-state index in [0.29, 0.717) is 23.6 Å². The first-order chi connectivity index (χ1) is 14.1. The molecule has 0 bridgehead atoms. The summed E-state index contributed by atoms with van der Waals surface area (Å²) >= 11 is 6.21. The molecule has 0 amide bonds. The van der Waals surface area contributed by atoms with Crippen LogP contribution in [0.2, 0.25) is 5.15 Å². The van der Waals surface area contributed by atoms with Crippen LogP contribution in [-0.4, -0.2) is 40.7 Å². The van der Waals surface area contributed by atoms with Gasteiger partial charge in [-0.3, -0.25) is 4.90 Å². The number of nitrogens with one attached hydrogen (secondary N) is 1. The van der Waals surface area contributed by atoms with Gasteiger partial charge in [-0.25, -0.2) is 4.98 Å². The van der Waals surface area contributed by atoms with Gasteiger partial charge in [0, 0.05) is 31.1 Å². The molecule has 2 aromatic carbocycles. The van der Waals surface area contributed by atoms with Crippen LogP contribution >= 0.6 is 11.6 Å². The highest BCUT2D eigenvalue weighted by molar-refractivity contribution is 6.30. The van der Waals surface area contributed by atoms with Gasteiger partial charge in [-0.2, -0.15) is 0 Å². The van der Waals surface area contributed by atoms with Crippen LogP contribution in [0.15, 0.2) is 48.5 Å². The minimum Gasteiger partial charge on any atom is -0.504 e. The lowest BCUT2D eigenvalue weighted by Gasteiger charge is -2.33. The Hall–Kier alpha value is -2.50. The maximum absolute atomic E-state index is 9.88. The van der Waals surface area contributed by atoms with Crippen LogP contribution in [0, 0.1) is 0 Å². The number of piperidine rings is 1. The van der Waals surface area contributed by atoms with Gasteiger partial charge in [0.1, 0.15) is 11.0 Å². The Morgan fingerprint density at radius 3 is 2.76 bits per heavy atom. The first kappa shape index (κ1) is 19.8. The largest absolute Gasteiger partial charge is 0.504 e. The molecule has 0 unspecified atom stereocenters. The Morgan fingerprint density at radius 1 is 1.17 bits per heavy atom. The highest BCUT2D eigenvalue weighted by Crippen LogP contribution is 2.29. The normalized spacial score (nSPS) is 15.5. The predicted molar refractivity (Wildman–Crippen MR) is 118 cm³/mol. The number of benzene rings is 2. The van der Waals surface area contributed by atoms with Gasteiger partial charge in [-0.1, -0.05) is 41.9 Å². The second-order valence-corrected chi connectivity index (χ2v) is 7.83. The molecule has 2 heterocycles. The summed E-state index contributed by atoms with van der Waals surface area (Å²) < 4.78 is 5.50. The number of hydrogen-bond donors (Lipinski definition) is 2. The first-order valence-electron chi connectivity index (χ1n) is 10.1. The molecule has 0 radical (unpaired) electrons. The zero-order chi connectivity index (χ0) is 20.2. The molecule has 1 aliphatic rings. The molecular formula is C23H26ClN3O2. The number of hydrogen-bond acceptors (Lipinski definition) is 5. The first-order valence-corrected chi connectivity index (χ1v) is 10.5. The van der Waals surface area contributed by atoms with Gasteiger partial charge >= 0.3 is 0 Å².